The summed E-state index contributed by atoms with van der Waals surface area (Å²) >= 11 is 0. The van der Waals surface area contributed by atoms with Gasteiger partial charge in [0.1, 0.15) is 0 Å². The van der Waals surface area contributed by atoms with Crippen molar-refractivity contribution in [2.45, 2.75) is 42.9 Å². The van der Waals surface area contributed by atoms with Crippen molar-refractivity contribution in [3.63, 3.8) is 0 Å². The highest BCUT2D eigenvalue weighted by molar-refractivity contribution is 7.92. The number of Topliss-reactive ketones (excluding diaryl/α,β-unsaturated/α-hetero) is 1. The highest BCUT2D eigenvalue weighted by Gasteiger charge is 2.34. The first-order valence-corrected chi connectivity index (χ1v) is 30.5. The maximum absolute atomic E-state index is 13.8. The summed E-state index contributed by atoms with van der Waals surface area (Å²) in [5.41, 5.74) is 2.01. The maximum atomic E-state index is 13.8. The molecule has 458 valence electrons. The third kappa shape index (κ3) is 29.4. The number of rotatable bonds is 49. The average Bonchev–Trinajstić information content (AvgIpc) is 3.80. The van der Waals surface area contributed by atoms with Crippen molar-refractivity contribution in [1.82, 2.24) is 10.4 Å². The molecule has 1 N–H and O–H groups in total. The fourth-order valence-corrected chi connectivity index (χ4v) is 10.5. The molecule has 0 aromatic heterocycles. The molecule has 1 fully saturated rings. The molecule has 3 amide bonds. The zero-order valence-electron chi connectivity index (χ0n) is 47.0. The Labute approximate surface area is 480 Å². The topological polar surface area (TPSA) is 289 Å². The lowest BCUT2D eigenvalue weighted by Gasteiger charge is -2.17. The van der Waals surface area contributed by atoms with Gasteiger partial charge in [-0.3, -0.25) is 19.2 Å². The monoisotopic (exact) mass is 1200 g/mol. The van der Waals surface area contributed by atoms with E-state index in [0.717, 1.165) is 11.1 Å². The highest BCUT2D eigenvalue weighted by Crippen LogP contribution is 2.23. The van der Waals surface area contributed by atoms with Crippen LogP contribution < -0.4 is 5.32 Å². The molecule has 24 nitrogen and oxygen atoms in total. The molecule has 1 heterocycles. The van der Waals surface area contributed by atoms with E-state index in [-0.39, 0.29) is 66.5 Å². The van der Waals surface area contributed by atoms with Gasteiger partial charge in [0, 0.05) is 30.5 Å². The molecule has 4 rings (SSSR count). The van der Waals surface area contributed by atoms with Crippen LogP contribution >= 0.6 is 0 Å². The van der Waals surface area contributed by atoms with Gasteiger partial charge in [0.15, 0.2) is 25.5 Å². The quantitative estimate of drug-likeness (QED) is 0.0483. The lowest BCUT2D eigenvalue weighted by atomic mass is 9.99. The van der Waals surface area contributed by atoms with Gasteiger partial charge < -0.3 is 67.0 Å². The number of sulfone groups is 2. The molecule has 1 aliphatic rings. The van der Waals surface area contributed by atoms with Crippen LogP contribution in [0.5, 0.6) is 0 Å². The third-order valence-electron chi connectivity index (χ3n) is 11.7. The fraction of sp³-hybridized carbons (Fsp3) is 0.589. The Kier molecular flexibility index (Phi) is 34.6. The van der Waals surface area contributed by atoms with Crippen molar-refractivity contribution in [2.24, 2.45) is 5.92 Å². The van der Waals surface area contributed by atoms with E-state index in [1.165, 1.54) is 48.5 Å². The summed E-state index contributed by atoms with van der Waals surface area (Å²) in [6.07, 6.45) is -0.00272. The van der Waals surface area contributed by atoms with Gasteiger partial charge in [0.25, 0.3) is 17.7 Å². The van der Waals surface area contributed by atoms with Crippen LogP contribution in [-0.2, 0) is 95.7 Å². The molecule has 0 radical (unpaired) electrons. The van der Waals surface area contributed by atoms with Crippen LogP contribution in [0.2, 0.25) is 0 Å². The van der Waals surface area contributed by atoms with Gasteiger partial charge in [-0.2, -0.15) is 0 Å². The van der Waals surface area contributed by atoms with Gasteiger partial charge in [-0.1, -0.05) is 47.5 Å². The second-order valence-electron chi connectivity index (χ2n) is 18.2. The Hall–Kier alpha value is -5.17. The molecule has 0 bridgehead atoms. The molecule has 0 aliphatic carbocycles. The maximum Gasteiger partial charge on any atom is 0.335 e. The minimum atomic E-state index is -4.05. The minimum Gasteiger partial charge on any atom is -0.378 e. The van der Waals surface area contributed by atoms with Crippen LogP contribution in [-0.4, -0.2) is 228 Å². The zero-order valence-corrected chi connectivity index (χ0v) is 48.6. The molecule has 3 aromatic carbocycles. The fourth-order valence-electron chi connectivity index (χ4n) is 7.26. The number of carbonyl (C=O) groups is 5. The largest absolute Gasteiger partial charge is 0.378 e. The average molecular weight is 1200 g/mol. The number of carbonyl (C=O) groups excluding carboxylic acids is 5. The van der Waals surface area contributed by atoms with E-state index in [9.17, 15) is 40.8 Å². The van der Waals surface area contributed by atoms with E-state index in [1.807, 2.05) is 13.8 Å². The highest BCUT2D eigenvalue weighted by atomic mass is 32.2. The summed E-state index contributed by atoms with van der Waals surface area (Å²) in [4.78, 5) is 66.0. The van der Waals surface area contributed by atoms with Crippen molar-refractivity contribution in [3.05, 3.63) is 95.1 Å². The summed E-state index contributed by atoms with van der Waals surface area (Å²) in [6, 6.07) is 17.9. The molecule has 1 saturated heterocycles. The molecule has 82 heavy (non-hydrogen) atoms. The summed E-state index contributed by atoms with van der Waals surface area (Å²) in [5, 5.41) is 3.25. The van der Waals surface area contributed by atoms with Crippen molar-refractivity contribution in [2.75, 3.05) is 177 Å². The Morgan fingerprint density at radius 2 is 0.720 bits per heavy atom. The number of ketones is 1. The smallest absolute Gasteiger partial charge is 0.335 e. The summed E-state index contributed by atoms with van der Waals surface area (Å²) in [7, 11) is -8.11. The SMILES string of the molecule is Cc1ccc(S(=O)(=O)CC(CS(=O)(=O)c2ccc(C)cc2)C(=O)c2ccc(C(=O)NCCOCCOCCOCCOCCOCCOCCOCCOCCOCCOCCOCCOCCC(=O)ON3C(=O)CCC3=O)cc2)cc1. The van der Waals surface area contributed by atoms with Gasteiger partial charge in [0.05, 0.1) is 192 Å². The van der Waals surface area contributed by atoms with Crippen LogP contribution in [0.1, 0.15) is 51.1 Å². The predicted molar refractivity (Wildman–Crippen MR) is 295 cm³/mol. The summed E-state index contributed by atoms with van der Waals surface area (Å²) in [5.74, 6) is -5.71. The number of benzene rings is 3. The normalized spacial score (nSPS) is 12.9. The Morgan fingerprint density at radius 3 is 1.05 bits per heavy atom. The number of imide groups is 1. The van der Waals surface area contributed by atoms with Crippen LogP contribution in [0.25, 0.3) is 0 Å². The van der Waals surface area contributed by atoms with Gasteiger partial charge in [-0.05, 0) is 50.2 Å². The molecule has 0 saturated carbocycles. The second-order valence-corrected chi connectivity index (χ2v) is 22.3. The number of amides is 3. The van der Waals surface area contributed by atoms with Crippen molar-refractivity contribution >= 4 is 49.1 Å². The van der Waals surface area contributed by atoms with Crippen molar-refractivity contribution < 1.29 is 102 Å². The van der Waals surface area contributed by atoms with Crippen LogP contribution in [0.3, 0.4) is 0 Å². The zero-order chi connectivity index (χ0) is 59.1. The first kappa shape index (κ1) is 69.3. The predicted octanol–water partition coefficient (Wildman–Crippen LogP) is 2.98. The van der Waals surface area contributed by atoms with Gasteiger partial charge in [-0.25, -0.2) is 21.6 Å². The van der Waals surface area contributed by atoms with Crippen LogP contribution in [0.15, 0.2) is 82.6 Å². The van der Waals surface area contributed by atoms with Crippen LogP contribution in [0, 0.1) is 19.8 Å². The first-order chi connectivity index (χ1) is 39.7. The van der Waals surface area contributed by atoms with E-state index in [1.54, 1.807) is 24.3 Å². The summed E-state index contributed by atoms with van der Waals surface area (Å²) in [6.45, 7) is 12.8. The minimum absolute atomic E-state index is 0.0151. The first-order valence-electron chi connectivity index (χ1n) is 27.2. The molecular weight excluding hydrogens is 1120 g/mol. The molecule has 3 aromatic rings. The second kappa shape index (κ2) is 40.9. The Morgan fingerprint density at radius 1 is 0.427 bits per heavy atom. The molecule has 1 aliphatic heterocycles. The number of ether oxygens (including phenoxy) is 12. The number of hydrogen-bond acceptors (Lipinski definition) is 22. The van der Waals surface area contributed by atoms with E-state index in [0.29, 0.717) is 144 Å². The van der Waals surface area contributed by atoms with Crippen LogP contribution in [0.4, 0.5) is 0 Å². The lowest BCUT2D eigenvalue weighted by Crippen LogP contribution is -2.32. The van der Waals surface area contributed by atoms with Crippen molar-refractivity contribution in [1.29, 1.82) is 0 Å². The summed E-state index contributed by atoms with van der Waals surface area (Å²) < 4.78 is 119. The number of nitrogens with zero attached hydrogens (tertiary/aromatic N) is 1. The molecule has 0 atom stereocenters. The van der Waals surface area contributed by atoms with E-state index in [2.05, 4.69) is 5.32 Å². The van der Waals surface area contributed by atoms with E-state index in [4.69, 9.17) is 61.7 Å². The standard InChI is InChI=1S/C56H80N2O22S2/c1-45-3-11-50(12-4-45)81(64,65)43-49(44-82(66,67)51-13-5-46(2)6-14-51)55(62)47-7-9-48(10-8-47)56(63)57-18-20-69-22-24-71-26-28-73-30-32-75-34-36-77-38-40-79-42-41-78-39-37-76-35-33-74-31-29-72-27-25-70-23-21-68-19-17-54(61)80-58-52(59)15-16-53(58)60/h3-14,49H,15-44H2,1-2H3,(H,57,63). The molecular formula is C56H80N2O22S2. The van der Waals surface area contributed by atoms with Gasteiger partial charge in [-0.15, -0.1) is 5.06 Å². The number of nitrogens with one attached hydrogen (secondary N) is 1. The van der Waals surface area contributed by atoms with Crippen molar-refractivity contribution in [3.8, 4) is 0 Å². The van der Waals surface area contributed by atoms with E-state index >= 15 is 0 Å². The molecule has 0 unspecified atom stereocenters. The molecule has 0 spiro atoms. The van der Waals surface area contributed by atoms with Gasteiger partial charge in [0.2, 0.25) is 0 Å². The Bertz CT molecular complexity index is 2440. The number of hydrogen-bond donors (Lipinski definition) is 1. The third-order valence-corrected chi connectivity index (χ3v) is 15.3. The number of hydroxylamine groups is 2. The van der Waals surface area contributed by atoms with E-state index < -0.39 is 66.6 Å². The number of aryl methyl sites for hydroxylation is 2. The lowest BCUT2D eigenvalue weighted by molar-refractivity contribution is -0.198. The molecule has 26 heteroatoms. The van der Waals surface area contributed by atoms with Gasteiger partial charge >= 0.3 is 5.97 Å². The Balaban J connectivity index is 0.861.